The maximum atomic E-state index is 6.33. The molecule has 1 N–H and O–H groups in total. The molecule has 1 atom stereocenters. The van der Waals surface area contributed by atoms with Gasteiger partial charge in [-0.15, -0.1) is 0 Å². The molecule has 0 saturated heterocycles. The molecule has 0 aliphatic heterocycles. The van der Waals surface area contributed by atoms with E-state index in [1.807, 2.05) is 26.4 Å². The normalized spacial score (nSPS) is 12.7. The molecular weight excluding hydrogens is 272 g/mol. The summed E-state index contributed by atoms with van der Waals surface area (Å²) in [5, 5.41) is 8.59. The Morgan fingerprint density at radius 2 is 2.10 bits per heavy atom. The van der Waals surface area contributed by atoms with Gasteiger partial charge in [0.1, 0.15) is 5.15 Å². The zero-order chi connectivity index (χ0) is 14.7. The van der Waals surface area contributed by atoms with Gasteiger partial charge in [-0.05, 0) is 37.9 Å². The van der Waals surface area contributed by atoms with Gasteiger partial charge in [0, 0.05) is 31.0 Å². The van der Waals surface area contributed by atoms with Crippen LogP contribution in [0.15, 0.2) is 18.5 Å². The molecule has 0 radical (unpaired) electrons. The minimum atomic E-state index is 0.202. The van der Waals surface area contributed by atoms with E-state index < -0.39 is 0 Å². The van der Waals surface area contributed by atoms with Gasteiger partial charge in [0.05, 0.1) is 5.69 Å². The Hall–Kier alpha value is -1.39. The van der Waals surface area contributed by atoms with Gasteiger partial charge in [-0.25, -0.2) is 0 Å². The van der Waals surface area contributed by atoms with Crippen LogP contribution >= 0.6 is 11.6 Å². The first-order valence-corrected chi connectivity index (χ1v) is 7.23. The molecule has 2 aromatic heterocycles. The van der Waals surface area contributed by atoms with Crippen molar-refractivity contribution in [1.82, 2.24) is 20.1 Å². The minimum absolute atomic E-state index is 0.202. The molecule has 2 rings (SSSR count). The van der Waals surface area contributed by atoms with E-state index >= 15 is 0 Å². The van der Waals surface area contributed by atoms with Crippen molar-refractivity contribution in [3.05, 3.63) is 46.0 Å². The summed E-state index contributed by atoms with van der Waals surface area (Å²) in [6.07, 6.45) is 4.60. The average Bonchev–Trinajstić information content (AvgIpc) is 2.64. The quantitative estimate of drug-likeness (QED) is 0.921. The van der Waals surface area contributed by atoms with Crippen LogP contribution in [0.5, 0.6) is 0 Å². The fraction of sp³-hybridized carbons (Fsp3) is 0.467. The Labute approximate surface area is 125 Å². The molecule has 0 fully saturated rings. The summed E-state index contributed by atoms with van der Waals surface area (Å²) in [5.74, 6) is 0. The van der Waals surface area contributed by atoms with Gasteiger partial charge in [0.15, 0.2) is 0 Å². The fourth-order valence-electron chi connectivity index (χ4n) is 2.43. The van der Waals surface area contributed by atoms with Crippen molar-refractivity contribution in [3.63, 3.8) is 0 Å². The predicted octanol–water partition coefficient (Wildman–Crippen LogP) is 2.98. The maximum Gasteiger partial charge on any atom is 0.130 e. The number of nitrogens with one attached hydrogen (secondary N) is 1. The summed E-state index contributed by atoms with van der Waals surface area (Å²) < 4.78 is 1.73. The van der Waals surface area contributed by atoms with Crippen LogP contribution in [0.25, 0.3) is 0 Å². The first-order valence-electron chi connectivity index (χ1n) is 6.85. The van der Waals surface area contributed by atoms with Gasteiger partial charge >= 0.3 is 0 Å². The van der Waals surface area contributed by atoms with Crippen LogP contribution < -0.4 is 5.32 Å². The number of nitrogens with zero attached hydrogens (tertiary/aromatic N) is 3. The molecule has 0 amide bonds. The molecular formula is C15H21ClN4. The molecule has 0 bridgehead atoms. The van der Waals surface area contributed by atoms with Crippen LogP contribution in [0, 0.1) is 13.8 Å². The Kier molecular flexibility index (Phi) is 4.78. The van der Waals surface area contributed by atoms with Gasteiger partial charge in [0.25, 0.3) is 0 Å². The number of pyridine rings is 1. The molecule has 20 heavy (non-hydrogen) atoms. The first-order chi connectivity index (χ1) is 9.52. The van der Waals surface area contributed by atoms with E-state index in [2.05, 4.69) is 35.3 Å². The highest BCUT2D eigenvalue weighted by Gasteiger charge is 2.18. The highest BCUT2D eigenvalue weighted by Crippen LogP contribution is 2.25. The van der Waals surface area contributed by atoms with Crippen LogP contribution in [0.2, 0.25) is 5.15 Å². The molecule has 5 heteroatoms. The summed E-state index contributed by atoms with van der Waals surface area (Å²) in [4.78, 5) is 4.29. The molecule has 108 valence electrons. The van der Waals surface area contributed by atoms with Crippen LogP contribution in [0.4, 0.5) is 0 Å². The molecule has 0 spiro atoms. The fourth-order valence-corrected chi connectivity index (χ4v) is 2.68. The third kappa shape index (κ3) is 3.19. The lowest BCUT2D eigenvalue weighted by molar-refractivity contribution is 0.547. The lowest BCUT2D eigenvalue weighted by Crippen LogP contribution is -2.23. The molecule has 0 saturated carbocycles. The Bertz CT molecular complexity index is 592. The number of aromatic nitrogens is 3. The number of aryl methyl sites for hydroxylation is 3. The van der Waals surface area contributed by atoms with Gasteiger partial charge in [0.2, 0.25) is 0 Å². The number of rotatable bonds is 5. The Morgan fingerprint density at radius 1 is 1.35 bits per heavy atom. The maximum absolute atomic E-state index is 6.33. The number of hydrogen-bond donors (Lipinski definition) is 1. The summed E-state index contributed by atoms with van der Waals surface area (Å²) >= 11 is 6.33. The summed E-state index contributed by atoms with van der Waals surface area (Å²) in [6.45, 7) is 7.06. The van der Waals surface area contributed by atoms with E-state index in [1.54, 1.807) is 4.68 Å². The van der Waals surface area contributed by atoms with Crippen molar-refractivity contribution in [1.29, 1.82) is 0 Å². The summed E-state index contributed by atoms with van der Waals surface area (Å²) in [6, 6.07) is 2.37. The average molecular weight is 293 g/mol. The van der Waals surface area contributed by atoms with E-state index in [4.69, 9.17) is 11.6 Å². The largest absolute Gasteiger partial charge is 0.310 e. The second kappa shape index (κ2) is 6.37. The van der Waals surface area contributed by atoms with E-state index in [0.717, 1.165) is 24.2 Å². The molecule has 0 aliphatic carbocycles. The van der Waals surface area contributed by atoms with Gasteiger partial charge in [-0.1, -0.05) is 24.6 Å². The number of hydrogen-bond acceptors (Lipinski definition) is 3. The lowest BCUT2D eigenvalue weighted by Gasteiger charge is -2.18. The van der Waals surface area contributed by atoms with E-state index in [-0.39, 0.29) is 6.04 Å². The van der Waals surface area contributed by atoms with Crippen molar-refractivity contribution in [2.24, 2.45) is 7.05 Å². The van der Waals surface area contributed by atoms with Gasteiger partial charge in [-0.2, -0.15) is 5.10 Å². The molecule has 4 nitrogen and oxygen atoms in total. The summed E-state index contributed by atoms with van der Waals surface area (Å²) in [7, 11) is 1.87. The molecule has 1 unspecified atom stereocenters. The topological polar surface area (TPSA) is 42.7 Å². The zero-order valence-corrected chi connectivity index (χ0v) is 13.2. The van der Waals surface area contributed by atoms with Crippen molar-refractivity contribution < 1.29 is 0 Å². The van der Waals surface area contributed by atoms with Crippen molar-refractivity contribution in [2.45, 2.75) is 33.2 Å². The van der Waals surface area contributed by atoms with Crippen LogP contribution in [-0.2, 0) is 13.5 Å². The molecule has 0 aromatic carbocycles. The SMILES string of the molecule is CCNC(Cc1c(C)nn(C)c1Cl)c1cncc(C)c1. The van der Waals surface area contributed by atoms with Gasteiger partial charge < -0.3 is 5.32 Å². The van der Waals surface area contributed by atoms with Gasteiger partial charge in [-0.3, -0.25) is 9.67 Å². The highest BCUT2D eigenvalue weighted by molar-refractivity contribution is 6.30. The smallest absolute Gasteiger partial charge is 0.130 e. The molecule has 2 heterocycles. The van der Waals surface area contributed by atoms with Crippen LogP contribution in [0.3, 0.4) is 0 Å². The number of likely N-dealkylation sites (N-methyl/N-ethyl adjacent to an activating group) is 1. The van der Waals surface area contributed by atoms with E-state index in [9.17, 15) is 0 Å². The zero-order valence-electron chi connectivity index (χ0n) is 12.4. The van der Waals surface area contributed by atoms with Crippen LogP contribution in [-0.4, -0.2) is 21.3 Å². The third-order valence-corrected chi connectivity index (χ3v) is 3.90. The second-order valence-electron chi connectivity index (χ2n) is 5.09. The van der Waals surface area contributed by atoms with Crippen molar-refractivity contribution >= 4 is 11.6 Å². The van der Waals surface area contributed by atoms with E-state index in [0.29, 0.717) is 5.15 Å². The minimum Gasteiger partial charge on any atom is -0.310 e. The third-order valence-electron chi connectivity index (χ3n) is 3.43. The van der Waals surface area contributed by atoms with Crippen molar-refractivity contribution in [3.8, 4) is 0 Å². The molecule has 2 aromatic rings. The predicted molar refractivity (Wildman–Crippen MR) is 82.1 cm³/mol. The first kappa shape index (κ1) is 15.0. The highest BCUT2D eigenvalue weighted by atomic mass is 35.5. The standard InChI is InChI=1S/C15H21ClN4/c1-5-18-14(12-6-10(2)8-17-9-12)7-13-11(3)19-20(4)15(13)16/h6,8-9,14,18H,5,7H2,1-4H3. The lowest BCUT2D eigenvalue weighted by atomic mass is 10.00. The Balaban J connectivity index is 2.30. The van der Waals surface area contributed by atoms with E-state index in [1.165, 1.54) is 11.1 Å². The van der Waals surface area contributed by atoms with Crippen LogP contribution in [0.1, 0.15) is 35.3 Å². The number of halogens is 1. The Morgan fingerprint density at radius 3 is 2.65 bits per heavy atom. The summed E-state index contributed by atoms with van der Waals surface area (Å²) in [5.41, 5.74) is 4.44. The van der Waals surface area contributed by atoms with Crippen molar-refractivity contribution in [2.75, 3.05) is 6.54 Å². The second-order valence-corrected chi connectivity index (χ2v) is 5.45. The monoisotopic (exact) mass is 292 g/mol. The molecule has 0 aliphatic rings.